The molecule has 3 rings (SSSR count). The highest BCUT2D eigenvalue weighted by Gasteiger charge is 2.10. The number of aryl methyl sites for hydroxylation is 2. The van der Waals surface area contributed by atoms with Gasteiger partial charge in [-0.3, -0.25) is 9.59 Å². The summed E-state index contributed by atoms with van der Waals surface area (Å²) in [6.45, 7) is 1.81. The van der Waals surface area contributed by atoms with E-state index in [9.17, 15) is 9.59 Å². The Morgan fingerprint density at radius 3 is 2.67 bits per heavy atom. The van der Waals surface area contributed by atoms with E-state index < -0.39 is 0 Å². The van der Waals surface area contributed by atoms with Gasteiger partial charge in [0.1, 0.15) is 0 Å². The highest BCUT2D eigenvalue weighted by molar-refractivity contribution is 5.79. The molecule has 122 valence electrons. The van der Waals surface area contributed by atoms with Gasteiger partial charge in [0, 0.05) is 11.1 Å². The molecule has 1 heterocycles. The molecule has 2 aromatic carbocycles. The first-order valence-corrected chi connectivity index (χ1v) is 8.04. The summed E-state index contributed by atoms with van der Waals surface area (Å²) in [7, 11) is 0. The zero-order valence-corrected chi connectivity index (χ0v) is 13.6. The number of hydrogen-bond acceptors (Lipinski definition) is 2. The smallest absolute Gasteiger partial charge is 0.251 e. The summed E-state index contributed by atoms with van der Waals surface area (Å²) in [5.74, 6) is 0. The van der Waals surface area contributed by atoms with Crippen LogP contribution in [0.1, 0.15) is 29.2 Å². The normalized spacial score (nSPS) is 12.0. The van der Waals surface area contributed by atoms with Gasteiger partial charge in [-0.15, -0.1) is 0 Å². The molecule has 0 saturated carbocycles. The first-order chi connectivity index (χ1) is 11.7. The maximum atomic E-state index is 11.7. The molecular formula is C20H20N2O2. The summed E-state index contributed by atoms with van der Waals surface area (Å²) >= 11 is 0. The Labute approximate surface area is 140 Å². The van der Waals surface area contributed by atoms with E-state index in [1.165, 1.54) is 5.56 Å². The molecule has 0 aliphatic rings. The minimum Gasteiger partial charge on any atom is -0.352 e. The minimum atomic E-state index is -0.0467. The Morgan fingerprint density at radius 2 is 1.92 bits per heavy atom. The molecule has 1 aromatic heterocycles. The fourth-order valence-corrected chi connectivity index (χ4v) is 2.95. The van der Waals surface area contributed by atoms with E-state index in [-0.39, 0.29) is 11.6 Å². The van der Waals surface area contributed by atoms with E-state index in [2.05, 4.69) is 16.4 Å². The summed E-state index contributed by atoms with van der Waals surface area (Å²) in [6, 6.07) is 17.9. The van der Waals surface area contributed by atoms with Gasteiger partial charge in [0.05, 0.1) is 6.04 Å². The summed E-state index contributed by atoms with van der Waals surface area (Å²) in [6.07, 6.45) is 2.41. The van der Waals surface area contributed by atoms with Crippen LogP contribution < -0.4 is 10.9 Å². The molecule has 4 heteroatoms. The van der Waals surface area contributed by atoms with Crippen LogP contribution in [0.5, 0.6) is 0 Å². The number of amides is 1. The van der Waals surface area contributed by atoms with E-state index in [0.717, 1.165) is 35.7 Å². The van der Waals surface area contributed by atoms with E-state index in [1.54, 1.807) is 0 Å². The molecule has 0 aliphatic carbocycles. The van der Waals surface area contributed by atoms with Crippen molar-refractivity contribution in [2.45, 2.75) is 25.8 Å². The highest BCUT2D eigenvalue weighted by Crippen LogP contribution is 2.20. The van der Waals surface area contributed by atoms with Crippen LogP contribution in [0.2, 0.25) is 0 Å². The number of nitrogens with one attached hydrogen (secondary N) is 2. The van der Waals surface area contributed by atoms with Gasteiger partial charge in [0.2, 0.25) is 6.41 Å². The number of aromatic amines is 1. The van der Waals surface area contributed by atoms with Crippen LogP contribution in [0.4, 0.5) is 0 Å². The molecule has 0 fully saturated rings. The monoisotopic (exact) mass is 320 g/mol. The molecule has 24 heavy (non-hydrogen) atoms. The Kier molecular flexibility index (Phi) is 4.75. The lowest BCUT2D eigenvalue weighted by Crippen LogP contribution is -2.20. The minimum absolute atomic E-state index is 0.00304. The van der Waals surface area contributed by atoms with Crippen LogP contribution in [0.25, 0.3) is 10.9 Å². The Hall–Kier alpha value is -2.88. The van der Waals surface area contributed by atoms with E-state index in [4.69, 9.17) is 0 Å². The molecule has 1 unspecified atom stereocenters. The lowest BCUT2D eigenvalue weighted by Gasteiger charge is -2.16. The topological polar surface area (TPSA) is 62.0 Å². The van der Waals surface area contributed by atoms with Crippen molar-refractivity contribution in [1.82, 2.24) is 10.3 Å². The second-order valence-electron chi connectivity index (χ2n) is 5.99. The van der Waals surface area contributed by atoms with Crippen LogP contribution in [0.3, 0.4) is 0 Å². The molecular weight excluding hydrogens is 300 g/mol. The standard InChI is InChI=1S/C20H20N2O2/c1-14-11-17-12-15(8-10-19(17)22-20(14)24)7-9-18(21-13-23)16-5-3-2-4-6-16/h2-6,8,10-13,18H,7,9H2,1H3,(H,21,23)(H,22,24). The van der Waals surface area contributed by atoms with Crippen LogP contribution in [0.15, 0.2) is 59.4 Å². The molecule has 3 aromatic rings. The number of pyridine rings is 1. The van der Waals surface area contributed by atoms with Crippen LogP contribution in [0, 0.1) is 6.92 Å². The van der Waals surface area contributed by atoms with E-state index in [0.29, 0.717) is 5.56 Å². The first kappa shape index (κ1) is 16.0. The molecule has 1 amide bonds. The van der Waals surface area contributed by atoms with E-state index in [1.807, 2.05) is 55.5 Å². The van der Waals surface area contributed by atoms with E-state index >= 15 is 0 Å². The van der Waals surface area contributed by atoms with Gasteiger partial charge in [-0.2, -0.15) is 0 Å². The van der Waals surface area contributed by atoms with Gasteiger partial charge < -0.3 is 10.3 Å². The van der Waals surface area contributed by atoms with Gasteiger partial charge in [-0.05, 0) is 54.5 Å². The lowest BCUT2D eigenvalue weighted by molar-refractivity contribution is -0.110. The summed E-state index contributed by atoms with van der Waals surface area (Å²) in [5, 5.41) is 3.93. The number of H-pyrrole nitrogens is 1. The Morgan fingerprint density at radius 1 is 1.12 bits per heavy atom. The zero-order chi connectivity index (χ0) is 16.9. The van der Waals surface area contributed by atoms with Crippen molar-refractivity contribution in [2.24, 2.45) is 0 Å². The second-order valence-corrected chi connectivity index (χ2v) is 5.99. The number of carbonyl (C=O) groups excluding carboxylic acids is 1. The number of carbonyl (C=O) groups is 1. The largest absolute Gasteiger partial charge is 0.352 e. The van der Waals surface area contributed by atoms with Crippen molar-refractivity contribution in [3.05, 3.63) is 81.6 Å². The number of aromatic nitrogens is 1. The maximum absolute atomic E-state index is 11.7. The third kappa shape index (κ3) is 3.54. The van der Waals surface area contributed by atoms with Crippen molar-refractivity contribution >= 4 is 17.3 Å². The number of benzene rings is 2. The molecule has 0 radical (unpaired) electrons. The molecule has 4 nitrogen and oxygen atoms in total. The second kappa shape index (κ2) is 7.13. The Balaban J connectivity index is 1.79. The quantitative estimate of drug-likeness (QED) is 0.685. The number of hydrogen-bond donors (Lipinski definition) is 2. The average Bonchev–Trinajstić information content (AvgIpc) is 2.60. The van der Waals surface area contributed by atoms with Gasteiger partial charge in [0.25, 0.3) is 5.56 Å². The van der Waals surface area contributed by atoms with Crippen molar-refractivity contribution in [3.63, 3.8) is 0 Å². The van der Waals surface area contributed by atoms with Crippen LogP contribution >= 0.6 is 0 Å². The fourth-order valence-electron chi connectivity index (χ4n) is 2.95. The Bertz CT molecular complexity index is 900. The molecule has 0 saturated heterocycles. The molecule has 0 bridgehead atoms. The predicted molar refractivity (Wildman–Crippen MR) is 96.0 cm³/mol. The van der Waals surface area contributed by atoms with Gasteiger partial charge in [0.15, 0.2) is 0 Å². The lowest BCUT2D eigenvalue weighted by atomic mass is 9.98. The van der Waals surface area contributed by atoms with Gasteiger partial charge in [-0.25, -0.2) is 0 Å². The molecule has 0 aliphatic heterocycles. The fraction of sp³-hybridized carbons (Fsp3) is 0.200. The predicted octanol–water partition coefficient (Wildman–Crippen LogP) is 3.26. The van der Waals surface area contributed by atoms with Gasteiger partial charge in [-0.1, -0.05) is 36.4 Å². The van der Waals surface area contributed by atoms with Crippen LogP contribution in [-0.4, -0.2) is 11.4 Å². The third-order valence-corrected chi connectivity index (χ3v) is 4.29. The number of fused-ring (bicyclic) bond motifs is 1. The van der Waals surface area contributed by atoms with Crippen molar-refractivity contribution < 1.29 is 4.79 Å². The number of rotatable bonds is 6. The zero-order valence-electron chi connectivity index (χ0n) is 13.6. The van der Waals surface area contributed by atoms with Gasteiger partial charge >= 0.3 is 0 Å². The van der Waals surface area contributed by atoms with Crippen molar-refractivity contribution in [2.75, 3.05) is 0 Å². The molecule has 2 N–H and O–H groups in total. The summed E-state index contributed by atoms with van der Waals surface area (Å²) in [5.41, 5.74) is 3.80. The molecule has 1 atom stereocenters. The summed E-state index contributed by atoms with van der Waals surface area (Å²) < 4.78 is 0. The van der Waals surface area contributed by atoms with Crippen LogP contribution in [-0.2, 0) is 11.2 Å². The first-order valence-electron chi connectivity index (χ1n) is 8.04. The average molecular weight is 320 g/mol. The summed E-state index contributed by atoms with van der Waals surface area (Å²) in [4.78, 5) is 25.4. The van der Waals surface area contributed by atoms with Crippen molar-refractivity contribution in [1.29, 1.82) is 0 Å². The third-order valence-electron chi connectivity index (χ3n) is 4.29. The van der Waals surface area contributed by atoms with Crippen molar-refractivity contribution in [3.8, 4) is 0 Å². The molecule has 0 spiro atoms. The SMILES string of the molecule is Cc1cc2cc(CCC(NC=O)c3ccccc3)ccc2[nH]c1=O. The highest BCUT2D eigenvalue weighted by atomic mass is 16.1. The maximum Gasteiger partial charge on any atom is 0.251 e.